The molecule has 1 heterocycles. The molecule has 1 aromatic heterocycles. The van der Waals surface area contributed by atoms with Crippen molar-refractivity contribution >= 4 is 11.6 Å². The molecule has 0 atom stereocenters. The van der Waals surface area contributed by atoms with Gasteiger partial charge in [0.1, 0.15) is 0 Å². The van der Waals surface area contributed by atoms with Crippen molar-refractivity contribution in [3.8, 4) is 5.69 Å². The fourth-order valence-corrected chi connectivity index (χ4v) is 2.81. The molecule has 3 aromatic rings. The molecular formula is C20H19F3N4O. The smallest absolute Gasteiger partial charge is 0.320 e. The second-order valence-electron chi connectivity index (χ2n) is 6.68. The maximum atomic E-state index is 13.1. The first-order valence-electron chi connectivity index (χ1n) is 8.68. The minimum atomic E-state index is -4.57. The Morgan fingerprint density at radius 1 is 1.07 bits per heavy atom. The molecule has 28 heavy (non-hydrogen) atoms. The van der Waals surface area contributed by atoms with Crippen LogP contribution in [0.1, 0.15) is 47.1 Å². The third-order valence-corrected chi connectivity index (χ3v) is 4.39. The molecule has 146 valence electrons. The van der Waals surface area contributed by atoms with Gasteiger partial charge < -0.3 is 5.32 Å². The molecular weight excluding hydrogens is 369 g/mol. The van der Waals surface area contributed by atoms with Gasteiger partial charge in [-0.2, -0.15) is 13.2 Å². The summed E-state index contributed by atoms with van der Waals surface area (Å²) in [6, 6.07) is 12.4. The van der Waals surface area contributed by atoms with Crippen LogP contribution in [0, 0.1) is 6.92 Å². The average molecular weight is 388 g/mol. The van der Waals surface area contributed by atoms with E-state index >= 15 is 0 Å². The Morgan fingerprint density at radius 2 is 1.71 bits per heavy atom. The van der Waals surface area contributed by atoms with E-state index in [1.807, 2.05) is 24.3 Å². The van der Waals surface area contributed by atoms with Gasteiger partial charge in [-0.15, -0.1) is 5.10 Å². The summed E-state index contributed by atoms with van der Waals surface area (Å²) in [5.41, 5.74) is 1.02. The predicted octanol–water partition coefficient (Wildman–Crippen LogP) is 4.97. The van der Waals surface area contributed by atoms with Gasteiger partial charge in [0.2, 0.25) is 0 Å². The second kappa shape index (κ2) is 7.46. The van der Waals surface area contributed by atoms with Gasteiger partial charge in [-0.05, 0) is 42.7 Å². The molecule has 0 aliphatic carbocycles. The lowest BCUT2D eigenvalue weighted by Gasteiger charge is -2.13. The normalized spacial score (nSPS) is 11.7. The molecule has 1 N–H and O–H groups in total. The van der Waals surface area contributed by atoms with Gasteiger partial charge in [0.25, 0.3) is 5.91 Å². The van der Waals surface area contributed by atoms with E-state index in [9.17, 15) is 18.0 Å². The van der Waals surface area contributed by atoms with Crippen LogP contribution in [0.25, 0.3) is 5.69 Å². The van der Waals surface area contributed by atoms with Crippen LogP contribution in [0.2, 0.25) is 0 Å². The molecule has 0 unspecified atom stereocenters. The largest absolute Gasteiger partial charge is 0.418 e. The Morgan fingerprint density at radius 3 is 2.32 bits per heavy atom. The fourth-order valence-electron chi connectivity index (χ4n) is 2.81. The molecule has 0 aliphatic rings. The van der Waals surface area contributed by atoms with Crippen molar-refractivity contribution in [2.45, 2.75) is 32.9 Å². The summed E-state index contributed by atoms with van der Waals surface area (Å²) in [5, 5.41) is 10.1. The number of carbonyl (C=O) groups excluding carboxylic acids is 1. The topological polar surface area (TPSA) is 59.8 Å². The first kappa shape index (κ1) is 19.6. The van der Waals surface area contributed by atoms with Crippen molar-refractivity contribution in [1.82, 2.24) is 15.0 Å². The van der Waals surface area contributed by atoms with E-state index in [1.54, 1.807) is 6.92 Å². The molecule has 8 heteroatoms. The highest BCUT2D eigenvalue weighted by Crippen LogP contribution is 2.34. The summed E-state index contributed by atoms with van der Waals surface area (Å²) < 4.78 is 40.8. The van der Waals surface area contributed by atoms with E-state index in [2.05, 4.69) is 29.5 Å². The van der Waals surface area contributed by atoms with Gasteiger partial charge in [-0.3, -0.25) is 4.79 Å². The Balaban J connectivity index is 1.87. The third kappa shape index (κ3) is 3.90. The number of hydrogen-bond acceptors (Lipinski definition) is 3. The lowest BCUT2D eigenvalue weighted by atomic mass is 10.0. The van der Waals surface area contributed by atoms with E-state index < -0.39 is 17.6 Å². The van der Waals surface area contributed by atoms with Crippen molar-refractivity contribution in [2.75, 3.05) is 5.32 Å². The van der Waals surface area contributed by atoms with E-state index in [0.29, 0.717) is 17.3 Å². The standard InChI is InChI=1S/C20H19F3N4O/c1-12(2)14-8-10-15(11-9-14)27-13(3)18(25-26-27)19(28)24-17-7-5-4-6-16(17)20(21,22)23/h4-12H,1-3H3,(H,24,28). The van der Waals surface area contributed by atoms with Crippen LogP contribution >= 0.6 is 0 Å². The molecule has 0 spiro atoms. The summed E-state index contributed by atoms with van der Waals surface area (Å²) in [7, 11) is 0. The summed E-state index contributed by atoms with van der Waals surface area (Å²) in [6.45, 7) is 5.80. The molecule has 2 aromatic carbocycles. The maximum absolute atomic E-state index is 13.1. The van der Waals surface area contributed by atoms with Gasteiger partial charge in [-0.1, -0.05) is 43.3 Å². The lowest BCUT2D eigenvalue weighted by molar-refractivity contribution is -0.136. The van der Waals surface area contributed by atoms with Crippen LogP contribution in [0.5, 0.6) is 0 Å². The van der Waals surface area contributed by atoms with Crippen LogP contribution in [0.15, 0.2) is 48.5 Å². The summed E-state index contributed by atoms with van der Waals surface area (Å²) in [5.74, 6) is -0.375. The number of para-hydroxylation sites is 1. The molecule has 0 radical (unpaired) electrons. The Kier molecular flexibility index (Phi) is 5.22. The van der Waals surface area contributed by atoms with Crippen LogP contribution in [0.4, 0.5) is 18.9 Å². The van der Waals surface area contributed by atoms with Crippen molar-refractivity contribution in [3.05, 3.63) is 71.0 Å². The summed E-state index contributed by atoms with van der Waals surface area (Å²) in [6.07, 6.45) is -4.57. The lowest BCUT2D eigenvalue weighted by Crippen LogP contribution is -2.18. The number of benzene rings is 2. The number of amides is 1. The molecule has 3 rings (SSSR count). The highest BCUT2D eigenvalue weighted by molar-refractivity contribution is 6.04. The number of alkyl halides is 3. The van der Waals surface area contributed by atoms with E-state index in [0.717, 1.165) is 11.6 Å². The van der Waals surface area contributed by atoms with Crippen LogP contribution in [-0.2, 0) is 6.18 Å². The van der Waals surface area contributed by atoms with E-state index in [4.69, 9.17) is 0 Å². The second-order valence-corrected chi connectivity index (χ2v) is 6.68. The van der Waals surface area contributed by atoms with Gasteiger partial charge in [0, 0.05) is 0 Å². The highest BCUT2D eigenvalue weighted by Gasteiger charge is 2.34. The SMILES string of the molecule is Cc1c(C(=O)Nc2ccccc2C(F)(F)F)nnn1-c1ccc(C(C)C)cc1. The Labute approximate surface area is 160 Å². The monoisotopic (exact) mass is 388 g/mol. The molecule has 5 nitrogen and oxygen atoms in total. The minimum absolute atomic E-state index is 0.0371. The van der Waals surface area contributed by atoms with Crippen LogP contribution in [-0.4, -0.2) is 20.9 Å². The maximum Gasteiger partial charge on any atom is 0.418 e. The number of aromatic nitrogens is 3. The van der Waals surface area contributed by atoms with Crippen molar-refractivity contribution in [1.29, 1.82) is 0 Å². The first-order valence-corrected chi connectivity index (χ1v) is 8.68. The number of halogens is 3. The van der Waals surface area contributed by atoms with Gasteiger partial charge in [0.05, 0.1) is 22.6 Å². The number of anilines is 1. The molecule has 0 aliphatic heterocycles. The number of rotatable bonds is 4. The third-order valence-electron chi connectivity index (χ3n) is 4.39. The quantitative estimate of drug-likeness (QED) is 0.686. The van der Waals surface area contributed by atoms with Gasteiger partial charge >= 0.3 is 6.18 Å². The van der Waals surface area contributed by atoms with Gasteiger partial charge in [-0.25, -0.2) is 4.68 Å². The molecule has 0 saturated heterocycles. The zero-order valence-electron chi connectivity index (χ0n) is 15.6. The van der Waals surface area contributed by atoms with Crippen molar-refractivity contribution < 1.29 is 18.0 Å². The van der Waals surface area contributed by atoms with Crippen LogP contribution in [0.3, 0.4) is 0 Å². The fraction of sp³-hybridized carbons (Fsp3) is 0.250. The summed E-state index contributed by atoms with van der Waals surface area (Å²) >= 11 is 0. The summed E-state index contributed by atoms with van der Waals surface area (Å²) in [4.78, 5) is 12.5. The molecule has 1 amide bonds. The number of nitrogens with one attached hydrogen (secondary N) is 1. The van der Waals surface area contributed by atoms with Crippen LogP contribution < -0.4 is 5.32 Å². The minimum Gasteiger partial charge on any atom is -0.320 e. The zero-order valence-corrected chi connectivity index (χ0v) is 15.6. The first-order chi connectivity index (χ1) is 13.2. The molecule has 0 saturated carbocycles. The average Bonchev–Trinajstić information content (AvgIpc) is 3.03. The van der Waals surface area contributed by atoms with Gasteiger partial charge in [0.15, 0.2) is 5.69 Å². The molecule has 0 bridgehead atoms. The predicted molar refractivity (Wildman–Crippen MR) is 99.6 cm³/mol. The Bertz CT molecular complexity index is 991. The Hall–Kier alpha value is -3.16. The number of nitrogens with zero attached hydrogens (tertiary/aromatic N) is 3. The van der Waals surface area contributed by atoms with Crippen molar-refractivity contribution in [2.24, 2.45) is 0 Å². The number of carbonyl (C=O) groups is 1. The van der Waals surface area contributed by atoms with E-state index in [1.165, 1.54) is 22.9 Å². The molecule has 0 fully saturated rings. The zero-order chi connectivity index (χ0) is 20.5. The highest BCUT2D eigenvalue weighted by atomic mass is 19.4. The van der Waals surface area contributed by atoms with E-state index in [-0.39, 0.29) is 11.4 Å². The number of hydrogen-bond donors (Lipinski definition) is 1. The van der Waals surface area contributed by atoms with Crippen molar-refractivity contribution in [3.63, 3.8) is 0 Å².